The van der Waals surface area contributed by atoms with Crippen LogP contribution in [0.4, 0.5) is 0 Å². The molecule has 0 aromatic heterocycles. The van der Waals surface area contributed by atoms with Crippen molar-refractivity contribution in [3.8, 4) is 11.1 Å². The molecule has 0 N–H and O–H groups in total. The number of benzene rings is 4. The second kappa shape index (κ2) is 7.08. The van der Waals surface area contributed by atoms with Crippen molar-refractivity contribution in [3.63, 3.8) is 0 Å². The minimum Gasteiger partial charge on any atom is -0.0856 e. The van der Waals surface area contributed by atoms with Crippen LogP contribution in [0.2, 0.25) is 0 Å². The van der Waals surface area contributed by atoms with Crippen LogP contribution in [0.15, 0.2) is 89.0 Å². The number of aryl methyl sites for hydroxylation is 1. The number of rotatable bonds is 3. The van der Waals surface area contributed by atoms with E-state index in [1.54, 1.807) is 0 Å². The standard InChI is InChI=1S/C25H19I/c1-17-7-9-21(15-20(17)10-8-18(2)26)22-13-14-25-23(16-22)12-11-19-5-3-4-6-24(19)25/h3-16H,2H2,1H3/b10-8-. The fourth-order valence-electron chi connectivity index (χ4n) is 3.37. The van der Waals surface area contributed by atoms with Gasteiger partial charge in [-0.25, -0.2) is 0 Å². The van der Waals surface area contributed by atoms with E-state index in [0.717, 1.165) is 3.58 Å². The van der Waals surface area contributed by atoms with Gasteiger partial charge in [-0.2, -0.15) is 0 Å². The van der Waals surface area contributed by atoms with Crippen molar-refractivity contribution < 1.29 is 0 Å². The van der Waals surface area contributed by atoms with Crippen LogP contribution in [0.5, 0.6) is 0 Å². The van der Waals surface area contributed by atoms with Gasteiger partial charge in [-0.15, -0.1) is 0 Å². The first-order valence-corrected chi connectivity index (χ1v) is 9.75. The molecule has 0 heterocycles. The van der Waals surface area contributed by atoms with E-state index >= 15 is 0 Å². The summed E-state index contributed by atoms with van der Waals surface area (Å²) in [6, 6.07) is 26.4. The molecule has 0 amide bonds. The molecule has 4 rings (SSSR count). The third-order valence-corrected chi connectivity index (χ3v) is 5.16. The van der Waals surface area contributed by atoms with Gasteiger partial charge in [-0.1, -0.05) is 73.3 Å². The van der Waals surface area contributed by atoms with Gasteiger partial charge in [0.1, 0.15) is 0 Å². The van der Waals surface area contributed by atoms with Gasteiger partial charge in [0.05, 0.1) is 0 Å². The Kier molecular flexibility index (Phi) is 4.64. The maximum absolute atomic E-state index is 3.94. The molecule has 4 aromatic carbocycles. The lowest BCUT2D eigenvalue weighted by atomic mass is 9.95. The van der Waals surface area contributed by atoms with Gasteiger partial charge in [0.25, 0.3) is 0 Å². The van der Waals surface area contributed by atoms with E-state index in [9.17, 15) is 0 Å². The molecule has 0 aliphatic rings. The van der Waals surface area contributed by atoms with Gasteiger partial charge in [0, 0.05) is 3.58 Å². The third kappa shape index (κ3) is 3.32. The van der Waals surface area contributed by atoms with E-state index in [0.29, 0.717) is 0 Å². The quantitative estimate of drug-likeness (QED) is 0.170. The lowest BCUT2D eigenvalue weighted by molar-refractivity contribution is 1.44. The number of hydrogen-bond donors (Lipinski definition) is 0. The normalized spacial score (nSPS) is 11.5. The maximum Gasteiger partial charge on any atom is 0.00581 e. The Hall–Kier alpha value is -2.39. The molecule has 0 bridgehead atoms. The highest BCUT2D eigenvalue weighted by molar-refractivity contribution is 14.1. The van der Waals surface area contributed by atoms with E-state index in [1.165, 1.54) is 43.8 Å². The Morgan fingerprint density at radius 2 is 1.50 bits per heavy atom. The molecule has 0 spiro atoms. The van der Waals surface area contributed by atoms with Crippen LogP contribution in [0.1, 0.15) is 11.1 Å². The topological polar surface area (TPSA) is 0 Å². The summed E-state index contributed by atoms with van der Waals surface area (Å²) < 4.78 is 1.03. The van der Waals surface area contributed by atoms with Crippen LogP contribution >= 0.6 is 22.6 Å². The summed E-state index contributed by atoms with van der Waals surface area (Å²) in [6.45, 7) is 6.08. The van der Waals surface area contributed by atoms with Crippen molar-refractivity contribution >= 4 is 50.2 Å². The molecule has 126 valence electrons. The Morgan fingerprint density at radius 3 is 2.35 bits per heavy atom. The van der Waals surface area contributed by atoms with Gasteiger partial charge in [-0.05, 0) is 91.5 Å². The van der Waals surface area contributed by atoms with Gasteiger partial charge in [-0.3, -0.25) is 0 Å². The maximum atomic E-state index is 3.94. The van der Waals surface area contributed by atoms with Crippen LogP contribution in [-0.2, 0) is 0 Å². The minimum absolute atomic E-state index is 1.03. The zero-order valence-electron chi connectivity index (χ0n) is 14.7. The first-order valence-electron chi connectivity index (χ1n) is 8.67. The van der Waals surface area contributed by atoms with E-state index in [4.69, 9.17) is 0 Å². The van der Waals surface area contributed by atoms with E-state index in [-0.39, 0.29) is 0 Å². The van der Waals surface area contributed by atoms with Crippen LogP contribution in [0, 0.1) is 6.92 Å². The van der Waals surface area contributed by atoms with Crippen molar-refractivity contribution in [2.24, 2.45) is 0 Å². The summed E-state index contributed by atoms with van der Waals surface area (Å²) in [5, 5.41) is 5.18. The molecule has 0 unspecified atom stereocenters. The fraction of sp³-hybridized carbons (Fsp3) is 0.0400. The van der Waals surface area contributed by atoms with Crippen molar-refractivity contribution in [1.29, 1.82) is 0 Å². The highest BCUT2D eigenvalue weighted by Gasteiger charge is 2.05. The van der Waals surface area contributed by atoms with Crippen molar-refractivity contribution in [3.05, 3.63) is 100 Å². The molecule has 0 aliphatic carbocycles. The van der Waals surface area contributed by atoms with Crippen molar-refractivity contribution in [2.45, 2.75) is 6.92 Å². The number of allylic oxidation sites excluding steroid dienone is 2. The van der Waals surface area contributed by atoms with Gasteiger partial charge < -0.3 is 0 Å². The van der Waals surface area contributed by atoms with Gasteiger partial charge in [0.15, 0.2) is 0 Å². The average Bonchev–Trinajstić information content (AvgIpc) is 2.66. The molecule has 1 heteroatoms. The number of fused-ring (bicyclic) bond motifs is 3. The lowest BCUT2D eigenvalue weighted by Gasteiger charge is -2.09. The summed E-state index contributed by atoms with van der Waals surface area (Å²) in [6.07, 6.45) is 4.20. The molecule has 26 heavy (non-hydrogen) atoms. The highest BCUT2D eigenvalue weighted by Crippen LogP contribution is 2.30. The molecule has 0 atom stereocenters. The smallest absolute Gasteiger partial charge is 0.00581 e. The van der Waals surface area contributed by atoms with Gasteiger partial charge >= 0.3 is 0 Å². The van der Waals surface area contributed by atoms with Crippen LogP contribution < -0.4 is 0 Å². The Labute approximate surface area is 168 Å². The molecule has 0 radical (unpaired) electrons. The predicted molar refractivity (Wildman–Crippen MR) is 124 cm³/mol. The molecule has 4 aromatic rings. The van der Waals surface area contributed by atoms with Crippen LogP contribution in [0.25, 0.3) is 38.7 Å². The Balaban J connectivity index is 1.83. The third-order valence-electron chi connectivity index (χ3n) is 4.80. The first-order chi connectivity index (χ1) is 12.6. The van der Waals surface area contributed by atoms with E-state index in [2.05, 4.69) is 121 Å². The zero-order valence-corrected chi connectivity index (χ0v) is 16.8. The Bertz CT molecular complexity index is 1170. The molecular weight excluding hydrogens is 427 g/mol. The SMILES string of the molecule is C=C(I)/C=C\c1cc(-c2ccc3c(ccc4ccccc43)c2)ccc1C. The van der Waals surface area contributed by atoms with Crippen LogP contribution in [-0.4, -0.2) is 0 Å². The summed E-state index contributed by atoms with van der Waals surface area (Å²) in [7, 11) is 0. The summed E-state index contributed by atoms with van der Waals surface area (Å²) >= 11 is 2.24. The molecule has 0 saturated heterocycles. The number of hydrogen-bond acceptors (Lipinski definition) is 0. The summed E-state index contributed by atoms with van der Waals surface area (Å²) in [5.41, 5.74) is 4.99. The minimum atomic E-state index is 1.03. The van der Waals surface area contributed by atoms with E-state index in [1.807, 2.05) is 0 Å². The second-order valence-electron chi connectivity index (χ2n) is 6.57. The van der Waals surface area contributed by atoms with Crippen LogP contribution in [0.3, 0.4) is 0 Å². The lowest BCUT2D eigenvalue weighted by Crippen LogP contribution is -1.85. The molecule has 0 nitrogen and oxygen atoms in total. The fourth-order valence-corrected chi connectivity index (χ4v) is 3.55. The van der Waals surface area contributed by atoms with Crippen molar-refractivity contribution in [2.75, 3.05) is 0 Å². The van der Waals surface area contributed by atoms with Crippen molar-refractivity contribution in [1.82, 2.24) is 0 Å². The molecule has 0 aliphatic heterocycles. The second-order valence-corrected chi connectivity index (χ2v) is 7.96. The molecule has 0 saturated carbocycles. The average molecular weight is 446 g/mol. The summed E-state index contributed by atoms with van der Waals surface area (Å²) in [5.74, 6) is 0. The number of halogens is 1. The first kappa shape index (κ1) is 17.0. The largest absolute Gasteiger partial charge is 0.0856 e. The van der Waals surface area contributed by atoms with E-state index < -0.39 is 0 Å². The Morgan fingerprint density at radius 1 is 0.808 bits per heavy atom. The summed E-state index contributed by atoms with van der Waals surface area (Å²) in [4.78, 5) is 0. The predicted octanol–water partition coefficient (Wildman–Crippen LogP) is 7.93. The van der Waals surface area contributed by atoms with Gasteiger partial charge in [0.2, 0.25) is 0 Å². The molecular formula is C25H19I. The monoisotopic (exact) mass is 446 g/mol. The molecule has 0 fully saturated rings. The zero-order chi connectivity index (χ0) is 18.1. The highest BCUT2D eigenvalue weighted by atomic mass is 127.